The van der Waals surface area contributed by atoms with Crippen LogP contribution in [-0.4, -0.2) is 36.1 Å². The Balaban J connectivity index is 1.61. The highest BCUT2D eigenvalue weighted by Crippen LogP contribution is 2.27. The summed E-state index contributed by atoms with van der Waals surface area (Å²) in [6, 6.07) is 7.61. The smallest absolute Gasteiger partial charge is 0.306 e. The number of alkyl halides is 2. The molecule has 11 heteroatoms. The van der Waals surface area contributed by atoms with E-state index >= 15 is 0 Å². The molecular formula is C18H15ClF2N8. The molecule has 4 rings (SSSR count). The second-order valence-electron chi connectivity index (χ2n) is 6.18. The van der Waals surface area contributed by atoms with Crippen molar-refractivity contribution in [3.63, 3.8) is 0 Å². The minimum Gasteiger partial charge on any atom is -0.363 e. The van der Waals surface area contributed by atoms with E-state index in [1.165, 1.54) is 29.0 Å². The zero-order valence-electron chi connectivity index (χ0n) is 15.1. The molecule has 4 heterocycles. The molecule has 0 radical (unpaired) electrons. The summed E-state index contributed by atoms with van der Waals surface area (Å²) in [7, 11) is 0. The first-order valence-corrected chi connectivity index (χ1v) is 8.94. The monoisotopic (exact) mass is 416 g/mol. The Labute approximate surface area is 169 Å². The highest BCUT2D eigenvalue weighted by molar-refractivity contribution is 6.33. The summed E-state index contributed by atoms with van der Waals surface area (Å²) in [5.74, 6) is -2.40. The molecule has 0 saturated heterocycles. The fourth-order valence-corrected chi connectivity index (χ4v) is 2.78. The van der Waals surface area contributed by atoms with Crippen LogP contribution in [0.5, 0.6) is 0 Å². The van der Waals surface area contributed by atoms with Crippen molar-refractivity contribution >= 4 is 34.8 Å². The fourth-order valence-electron chi connectivity index (χ4n) is 2.63. The number of pyridine rings is 2. The molecule has 0 aliphatic rings. The number of fused-ring (bicyclic) bond motifs is 1. The molecule has 29 heavy (non-hydrogen) atoms. The zero-order chi connectivity index (χ0) is 20.4. The van der Waals surface area contributed by atoms with Crippen LogP contribution < -0.4 is 10.6 Å². The molecule has 8 nitrogen and oxygen atoms in total. The minimum absolute atomic E-state index is 0.206. The summed E-state index contributed by atoms with van der Waals surface area (Å²) in [6.45, 7) is 1.07. The quantitative estimate of drug-likeness (QED) is 0.493. The lowest BCUT2D eigenvalue weighted by Gasteiger charge is -2.17. The normalized spacial score (nSPS) is 11.6. The van der Waals surface area contributed by atoms with Crippen molar-refractivity contribution in [2.45, 2.75) is 12.8 Å². The summed E-state index contributed by atoms with van der Waals surface area (Å²) in [6.07, 6.45) is 4.41. The average Bonchev–Trinajstić information content (AvgIpc) is 3.11. The molecule has 0 fully saturated rings. The lowest BCUT2D eigenvalue weighted by molar-refractivity contribution is 0.00588. The molecule has 0 aromatic carbocycles. The van der Waals surface area contributed by atoms with Crippen molar-refractivity contribution in [1.82, 2.24) is 29.5 Å². The van der Waals surface area contributed by atoms with Gasteiger partial charge in [0.25, 0.3) is 5.78 Å². The van der Waals surface area contributed by atoms with Crippen LogP contribution in [0.3, 0.4) is 0 Å². The summed E-state index contributed by atoms with van der Waals surface area (Å²) in [4.78, 5) is 16.3. The number of hydrogen-bond donors (Lipinski definition) is 2. The summed E-state index contributed by atoms with van der Waals surface area (Å²) >= 11 is 6.11. The fraction of sp³-hybridized carbons (Fsp3) is 0.167. The first-order valence-electron chi connectivity index (χ1n) is 8.56. The molecular weight excluding hydrogens is 402 g/mol. The van der Waals surface area contributed by atoms with E-state index in [9.17, 15) is 8.78 Å². The van der Waals surface area contributed by atoms with Crippen LogP contribution >= 0.6 is 11.6 Å². The van der Waals surface area contributed by atoms with Crippen LogP contribution in [0.4, 0.5) is 26.2 Å². The molecule has 0 aliphatic heterocycles. The van der Waals surface area contributed by atoms with E-state index in [4.69, 9.17) is 11.6 Å². The van der Waals surface area contributed by atoms with Gasteiger partial charge in [0, 0.05) is 24.2 Å². The Kier molecular flexibility index (Phi) is 4.93. The molecule has 0 unspecified atom stereocenters. The molecule has 0 atom stereocenters. The van der Waals surface area contributed by atoms with Gasteiger partial charge in [0.15, 0.2) is 0 Å². The number of nitrogens with one attached hydrogen (secondary N) is 2. The van der Waals surface area contributed by atoms with Crippen LogP contribution in [0.15, 0.2) is 48.9 Å². The van der Waals surface area contributed by atoms with Gasteiger partial charge < -0.3 is 10.6 Å². The van der Waals surface area contributed by atoms with Crippen molar-refractivity contribution in [2.75, 3.05) is 17.2 Å². The van der Waals surface area contributed by atoms with E-state index in [2.05, 4.69) is 35.7 Å². The van der Waals surface area contributed by atoms with Crippen molar-refractivity contribution in [1.29, 1.82) is 0 Å². The minimum atomic E-state index is -3.17. The molecule has 2 N–H and O–H groups in total. The van der Waals surface area contributed by atoms with E-state index in [0.717, 1.165) is 0 Å². The molecule has 4 aromatic rings. The lowest BCUT2D eigenvalue weighted by atomic mass is 10.2. The third kappa shape index (κ3) is 4.06. The maximum atomic E-state index is 14.5. The Morgan fingerprint density at radius 3 is 2.79 bits per heavy atom. The molecule has 0 spiro atoms. The second kappa shape index (κ2) is 7.55. The van der Waals surface area contributed by atoms with Gasteiger partial charge in [-0.1, -0.05) is 17.7 Å². The number of hydrogen-bond acceptors (Lipinski definition) is 7. The topological polar surface area (TPSA) is 92.9 Å². The van der Waals surface area contributed by atoms with Crippen LogP contribution in [0, 0.1) is 6.92 Å². The molecule has 0 amide bonds. The van der Waals surface area contributed by atoms with Crippen LogP contribution in [0.25, 0.3) is 5.78 Å². The van der Waals surface area contributed by atoms with Gasteiger partial charge in [-0.05, 0) is 25.1 Å². The SMILES string of the molecule is Cc1cc(NCC(F)(F)c2ccccn2)n2nc(Nc3cnccc3Cl)nc2n1. The Bertz CT molecular complexity index is 1150. The van der Waals surface area contributed by atoms with E-state index in [1.807, 2.05) is 0 Å². The van der Waals surface area contributed by atoms with Crippen LogP contribution in [-0.2, 0) is 5.92 Å². The van der Waals surface area contributed by atoms with Crippen molar-refractivity contribution in [3.8, 4) is 0 Å². The molecule has 4 aromatic heterocycles. The summed E-state index contributed by atoms with van der Waals surface area (Å²) in [5.41, 5.74) is 0.791. The molecule has 0 aliphatic carbocycles. The second-order valence-corrected chi connectivity index (χ2v) is 6.59. The number of rotatable bonds is 6. The van der Waals surface area contributed by atoms with Gasteiger partial charge in [-0.15, -0.1) is 5.10 Å². The zero-order valence-corrected chi connectivity index (χ0v) is 15.9. The van der Waals surface area contributed by atoms with Crippen LogP contribution in [0.2, 0.25) is 5.02 Å². The highest BCUT2D eigenvalue weighted by Gasteiger charge is 2.33. The van der Waals surface area contributed by atoms with Crippen molar-refractivity contribution < 1.29 is 8.78 Å². The van der Waals surface area contributed by atoms with E-state index < -0.39 is 12.5 Å². The first-order chi connectivity index (χ1) is 13.9. The highest BCUT2D eigenvalue weighted by atomic mass is 35.5. The van der Waals surface area contributed by atoms with Gasteiger partial charge in [0.2, 0.25) is 5.95 Å². The Morgan fingerprint density at radius 2 is 2.03 bits per heavy atom. The van der Waals surface area contributed by atoms with Crippen molar-refractivity contribution in [2.24, 2.45) is 0 Å². The van der Waals surface area contributed by atoms with Crippen molar-refractivity contribution in [3.05, 3.63) is 65.3 Å². The molecule has 0 saturated carbocycles. The van der Waals surface area contributed by atoms with E-state index in [-0.39, 0.29) is 17.4 Å². The summed E-state index contributed by atoms with van der Waals surface area (Å²) < 4.78 is 30.3. The Hall–Kier alpha value is -3.40. The first kappa shape index (κ1) is 18.9. The summed E-state index contributed by atoms with van der Waals surface area (Å²) in [5, 5.41) is 10.4. The maximum Gasteiger partial charge on any atom is 0.306 e. The predicted octanol–water partition coefficient (Wildman–Crippen LogP) is 3.82. The van der Waals surface area contributed by atoms with Gasteiger partial charge >= 0.3 is 5.92 Å². The van der Waals surface area contributed by atoms with Gasteiger partial charge in [-0.3, -0.25) is 9.97 Å². The Morgan fingerprint density at radius 1 is 1.17 bits per heavy atom. The number of aromatic nitrogens is 6. The number of anilines is 3. The third-order valence-corrected chi connectivity index (χ3v) is 4.32. The van der Waals surface area contributed by atoms with Gasteiger partial charge in [-0.25, -0.2) is 4.98 Å². The third-order valence-electron chi connectivity index (χ3n) is 3.99. The number of aryl methyl sites for hydroxylation is 1. The van der Waals surface area contributed by atoms with Gasteiger partial charge in [0.05, 0.1) is 23.5 Å². The standard InChI is InChI=1S/C18H15ClF2N8/c1-11-8-15(24-10-18(20,21)14-4-2-3-6-23-14)29-17(25-11)27-16(28-29)26-13-9-22-7-5-12(13)19/h2-9,24H,10H2,1H3,(H,26,28). The van der Waals surface area contributed by atoms with Gasteiger partial charge in [-0.2, -0.15) is 18.3 Å². The van der Waals surface area contributed by atoms with E-state index in [0.29, 0.717) is 22.2 Å². The molecule has 0 bridgehead atoms. The largest absolute Gasteiger partial charge is 0.363 e. The number of nitrogens with zero attached hydrogens (tertiary/aromatic N) is 6. The lowest BCUT2D eigenvalue weighted by Crippen LogP contribution is -2.26. The average molecular weight is 417 g/mol. The number of halogens is 3. The maximum absolute atomic E-state index is 14.5. The van der Waals surface area contributed by atoms with Gasteiger partial charge in [0.1, 0.15) is 11.5 Å². The predicted molar refractivity (Wildman–Crippen MR) is 105 cm³/mol. The van der Waals surface area contributed by atoms with E-state index in [1.54, 1.807) is 31.3 Å². The molecule has 148 valence electrons. The van der Waals surface area contributed by atoms with Crippen LogP contribution in [0.1, 0.15) is 11.4 Å².